The van der Waals surface area contributed by atoms with Gasteiger partial charge in [0.15, 0.2) is 6.61 Å². The molecule has 0 fully saturated rings. The molecule has 0 aliphatic rings. The standard InChI is InChI=1S/C19H16BrN5O3/c1-10-21-16-8-12(7-15(20)18(16)22-10)19(26)24-13-3-5-14(6-4-13)27-9-17-23-11(2)28-25-17/h3-8H,9H2,1-2H3,(H,21,22)(H,24,26). The van der Waals surface area contributed by atoms with Crippen LogP contribution >= 0.6 is 15.9 Å². The molecule has 0 bridgehead atoms. The first-order valence-corrected chi connectivity index (χ1v) is 9.26. The van der Waals surface area contributed by atoms with Crippen molar-refractivity contribution in [1.29, 1.82) is 0 Å². The lowest BCUT2D eigenvalue weighted by Gasteiger charge is -2.08. The summed E-state index contributed by atoms with van der Waals surface area (Å²) in [5, 5.41) is 6.64. The van der Waals surface area contributed by atoms with Crippen LogP contribution in [0.25, 0.3) is 11.0 Å². The van der Waals surface area contributed by atoms with Crippen LogP contribution in [-0.4, -0.2) is 26.0 Å². The van der Waals surface area contributed by atoms with Gasteiger partial charge in [0.25, 0.3) is 5.91 Å². The summed E-state index contributed by atoms with van der Waals surface area (Å²) in [5.74, 6) is 2.18. The highest BCUT2D eigenvalue weighted by Crippen LogP contribution is 2.25. The van der Waals surface area contributed by atoms with E-state index >= 15 is 0 Å². The molecule has 2 aromatic carbocycles. The second-order valence-corrected chi connectivity index (χ2v) is 7.03. The third kappa shape index (κ3) is 3.89. The molecule has 28 heavy (non-hydrogen) atoms. The predicted molar refractivity (Wildman–Crippen MR) is 106 cm³/mol. The molecule has 0 unspecified atom stereocenters. The first-order valence-electron chi connectivity index (χ1n) is 8.47. The molecule has 142 valence electrons. The fourth-order valence-electron chi connectivity index (χ4n) is 2.72. The number of aryl methyl sites for hydroxylation is 2. The lowest BCUT2D eigenvalue weighted by molar-refractivity contribution is 0.102. The maximum Gasteiger partial charge on any atom is 0.255 e. The summed E-state index contributed by atoms with van der Waals surface area (Å²) >= 11 is 3.47. The lowest BCUT2D eigenvalue weighted by Crippen LogP contribution is -2.11. The molecule has 2 heterocycles. The van der Waals surface area contributed by atoms with Gasteiger partial charge >= 0.3 is 0 Å². The van der Waals surface area contributed by atoms with Gasteiger partial charge in [-0.1, -0.05) is 5.16 Å². The zero-order valence-corrected chi connectivity index (χ0v) is 16.7. The van der Waals surface area contributed by atoms with Crippen molar-refractivity contribution < 1.29 is 14.1 Å². The number of aromatic amines is 1. The van der Waals surface area contributed by atoms with E-state index in [4.69, 9.17) is 9.26 Å². The first-order chi connectivity index (χ1) is 13.5. The summed E-state index contributed by atoms with van der Waals surface area (Å²) in [6.45, 7) is 3.80. The van der Waals surface area contributed by atoms with Crippen molar-refractivity contribution >= 4 is 38.6 Å². The molecule has 1 amide bonds. The third-order valence-corrected chi connectivity index (χ3v) is 4.57. The van der Waals surface area contributed by atoms with Gasteiger partial charge in [0, 0.05) is 22.6 Å². The van der Waals surface area contributed by atoms with Crippen molar-refractivity contribution in [1.82, 2.24) is 20.1 Å². The molecule has 9 heteroatoms. The van der Waals surface area contributed by atoms with Crippen molar-refractivity contribution in [2.75, 3.05) is 5.32 Å². The van der Waals surface area contributed by atoms with Crippen LogP contribution in [0.1, 0.15) is 27.9 Å². The zero-order chi connectivity index (χ0) is 19.7. The van der Waals surface area contributed by atoms with Gasteiger partial charge in [-0.3, -0.25) is 4.79 Å². The smallest absolute Gasteiger partial charge is 0.255 e. The summed E-state index contributed by atoms with van der Waals surface area (Å²) < 4.78 is 11.3. The highest BCUT2D eigenvalue weighted by atomic mass is 79.9. The molecular formula is C19H16BrN5O3. The Morgan fingerprint density at radius 2 is 2.00 bits per heavy atom. The Labute approximate surface area is 168 Å². The number of halogens is 1. The van der Waals surface area contributed by atoms with E-state index in [0.29, 0.717) is 28.7 Å². The minimum Gasteiger partial charge on any atom is -0.485 e. The Kier molecular flexibility index (Phi) is 4.82. The van der Waals surface area contributed by atoms with E-state index in [-0.39, 0.29) is 12.5 Å². The molecule has 0 atom stereocenters. The predicted octanol–water partition coefficient (Wildman–Crippen LogP) is 4.16. The van der Waals surface area contributed by atoms with Gasteiger partial charge in [-0.25, -0.2) is 4.98 Å². The van der Waals surface area contributed by atoms with Crippen LogP contribution in [0, 0.1) is 13.8 Å². The topological polar surface area (TPSA) is 106 Å². The second-order valence-electron chi connectivity index (χ2n) is 6.17. The van der Waals surface area contributed by atoms with E-state index < -0.39 is 0 Å². The largest absolute Gasteiger partial charge is 0.485 e. The van der Waals surface area contributed by atoms with Crippen LogP contribution in [-0.2, 0) is 6.61 Å². The molecule has 0 radical (unpaired) electrons. The Morgan fingerprint density at radius 1 is 1.21 bits per heavy atom. The summed E-state index contributed by atoms with van der Waals surface area (Å²) in [7, 11) is 0. The van der Waals surface area contributed by atoms with Gasteiger partial charge < -0.3 is 19.6 Å². The van der Waals surface area contributed by atoms with Gasteiger partial charge in [-0.15, -0.1) is 0 Å². The number of nitrogens with zero attached hydrogens (tertiary/aromatic N) is 3. The van der Waals surface area contributed by atoms with Crippen LogP contribution < -0.4 is 10.1 Å². The number of imidazole rings is 1. The highest BCUT2D eigenvalue weighted by molar-refractivity contribution is 9.10. The number of hydrogen-bond donors (Lipinski definition) is 2. The fraction of sp³-hybridized carbons (Fsp3) is 0.158. The molecular weight excluding hydrogens is 426 g/mol. The minimum absolute atomic E-state index is 0.209. The number of nitrogens with one attached hydrogen (secondary N) is 2. The van der Waals surface area contributed by atoms with E-state index in [1.165, 1.54) is 0 Å². The number of anilines is 1. The molecule has 0 aliphatic heterocycles. The highest BCUT2D eigenvalue weighted by Gasteiger charge is 2.12. The Bertz CT molecular complexity index is 1150. The van der Waals surface area contributed by atoms with Crippen molar-refractivity contribution in [3.05, 3.63) is 64.0 Å². The molecule has 2 N–H and O–H groups in total. The summed E-state index contributed by atoms with van der Waals surface area (Å²) in [6, 6.07) is 10.6. The average Bonchev–Trinajstić information content (AvgIpc) is 3.26. The zero-order valence-electron chi connectivity index (χ0n) is 15.1. The lowest BCUT2D eigenvalue weighted by atomic mass is 10.2. The van der Waals surface area contributed by atoms with E-state index in [2.05, 4.69) is 41.4 Å². The maximum atomic E-state index is 12.6. The maximum absolute atomic E-state index is 12.6. The van der Waals surface area contributed by atoms with Crippen LogP contribution in [0.3, 0.4) is 0 Å². The number of hydrogen-bond acceptors (Lipinski definition) is 6. The molecule has 8 nitrogen and oxygen atoms in total. The van der Waals surface area contributed by atoms with Crippen LogP contribution in [0.15, 0.2) is 45.4 Å². The average molecular weight is 442 g/mol. The Balaban J connectivity index is 1.43. The van der Waals surface area contributed by atoms with Crippen molar-refractivity contribution in [3.63, 3.8) is 0 Å². The third-order valence-electron chi connectivity index (χ3n) is 3.97. The van der Waals surface area contributed by atoms with Crippen LogP contribution in [0.4, 0.5) is 5.69 Å². The van der Waals surface area contributed by atoms with Crippen molar-refractivity contribution in [2.24, 2.45) is 0 Å². The minimum atomic E-state index is -0.217. The molecule has 4 rings (SSSR count). The Hall–Kier alpha value is -3.20. The fourth-order valence-corrected chi connectivity index (χ4v) is 3.26. The molecule has 0 saturated carbocycles. The van der Waals surface area contributed by atoms with Crippen molar-refractivity contribution in [2.45, 2.75) is 20.5 Å². The summed E-state index contributed by atoms with van der Waals surface area (Å²) in [6.07, 6.45) is 0. The number of benzene rings is 2. The molecule has 2 aromatic heterocycles. The van der Waals surface area contributed by atoms with Gasteiger partial charge in [-0.05, 0) is 59.3 Å². The van der Waals surface area contributed by atoms with E-state index in [1.54, 1.807) is 43.3 Å². The van der Waals surface area contributed by atoms with E-state index in [9.17, 15) is 4.79 Å². The molecule has 0 aliphatic carbocycles. The van der Waals surface area contributed by atoms with Crippen LogP contribution in [0.2, 0.25) is 0 Å². The number of ether oxygens (including phenoxy) is 1. The van der Waals surface area contributed by atoms with Crippen LogP contribution in [0.5, 0.6) is 5.75 Å². The molecule has 4 aromatic rings. The normalized spacial score (nSPS) is 11.0. The van der Waals surface area contributed by atoms with E-state index in [1.807, 2.05) is 6.92 Å². The quantitative estimate of drug-likeness (QED) is 0.481. The summed E-state index contributed by atoms with van der Waals surface area (Å²) in [4.78, 5) is 24.2. The van der Waals surface area contributed by atoms with E-state index in [0.717, 1.165) is 21.3 Å². The van der Waals surface area contributed by atoms with Gasteiger partial charge in [0.1, 0.15) is 17.1 Å². The number of aromatic nitrogens is 4. The number of fused-ring (bicyclic) bond motifs is 1. The van der Waals surface area contributed by atoms with Gasteiger partial charge in [-0.2, -0.15) is 4.98 Å². The van der Waals surface area contributed by atoms with Crippen molar-refractivity contribution in [3.8, 4) is 5.75 Å². The molecule has 0 spiro atoms. The van der Waals surface area contributed by atoms with Gasteiger partial charge in [0.05, 0.1) is 5.52 Å². The second kappa shape index (κ2) is 7.43. The number of carbonyl (C=O) groups is 1. The Morgan fingerprint density at radius 3 is 2.71 bits per heavy atom. The monoisotopic (exact) mass is 441 g/mol. The SMILES string of the molecule is Cc1nc2c(Br)cc(C(=O)Nc3ccc(OCc4noc(C)n4)cc3)cc2[nH]1. The van der Waals surface area contributed by atoms with Gasteiger partial charge in [0.2, 0.25) is 11.7 Å². The number of H-pyrrole nitrogens is 1. The number of carbonyl (C=O) groups excluding carboxylic acids is 1. The summed E-state index contributed by atoms with van der Waals surface area (Å²) in [5.41, 5.74) is 2.78. The number of rotatable bonds is 5. The number of amides is 1. The molecule has 0 saturated heterocycles. The first kappa shape index (κ1) is 18.2.